The van der Waals surface area contributed by atoms with Gasteiger partial charge in [0.15, 0.2) is 5.13 Å². The van der Waals surface area contributed by atoms with Crippen molar-refractivity contribution < 1.29 is 13.2 Å². The van der Waals surface area contributed by atoms with Crippen LogP contribution in [0.4, 0.5) is 5.13 Å². The molecule has 146 valence electrons. The first-order valence-corrected chi connectivity index (χ1v) is 11.9. The maximum atomic E-state index is 12.1. The van der Waals surface area contributed by atoms with Gasteiger partial charge in [-0.15, -0.1) is 0 Å². The summed E-state index contributed by atoms with van der Waals surface area (Å²) in [6.45, 7) is 0. The summed E-state index contributed by atoms with van der Waals surface area (Å²) in [7, 11) is -3.22. The van der Waals surface area contributed by atoms with Crippen molar-refractivity contribution in [2.75, 3.05) is 17.3 Å². The van der Waals surface area contributed by atoms with Crippen LogP contribution in [-0.2, 0) is 14.6 Å². The maximum absolute atomic E-state index is 12.1. The molecule has 0 atom stereocenters. The third-order valence-electron chi connectivity index (χ3n) is 3.82. The Kier molecular flexibility index (Phi) is 6.40. The van der Waals surface area contributed by atoms with Gasteiger partial charge in [-0.1, -0.05) is 70.9 Å². The Bertz CT molecular complexity index is 1060. The van der Waals surface area contributed by atoms with Gasteiger partial charge in [0.25, 0.3) is 0 Å². The van der Waals surface area contributed by atoms with Crippen LogP contribution in [0.5, 0.6) is 0 Å². The summed E-state index contributed by atoms with van der Waals surface area (Å²) >= 11 is 14.0. The molecule has 0 fully saturated rings. The van der Waals surface area contributed by atoms with E-state index in [4.69, 9.17) is 23.2 Å². The van der Waals surface area contributed by atoms with Crippen LogP contribution in [0, 0.1) is 0 Å². The number of aromatic nitrogens is 1. The van der Waals surface area contributed by atoms with Crippen LogP contribution in [0.15, 0.2) is 48.5 Å². The summed E-state index contributed by atoms with van der Waals surface area (Å²) < 4.78 is 22.5. The summed E-state index contributed by atoms with van der Waals surface area (Å²) in [5, 5.41) is 4.10. The van der Waals surface area contributed by atoms with Crippen molar-refractivity contribution in [2.24, 2.45) is 0 Å². The fourth-order valence-electron chi connectivity index (χ4n) is 2.50. The Morgan fingerprint density at radius 2 is 1.61 bits per heavy atom. The summed E-state index contributed by atoms with van der Waals surface area (Å²) in [4.78, 5) is 17.4. The summed E-state index contributed by atoms with van der Waals surface area (Å²) in [6, 6.07) is 14.6. The zero-order valence-corrected chi connectivity index (χ0v) is 17.9. The monoisotopic (exact) mass is 454 g/mol. The van der Waals surface area contributed by atoms with Crippen LogP contribution in [0.1, 0.15) is 6.42 Å². The Morgan fingerprint density at radius 1 is 1.04 bits per heavy atom. The number of benzene rings is 2. The van der Waals surface area contributed by atoms with Gasteiger partial charge >= 0.3 is 0 Å². The van der Waals surface area contributed by atoms with Gasteiger partial charge in [-0.3, -0.25) is 4.79 Å². The highest BCUT2D eigenvalue weighted by atomic mass is 35.5. The van der Waals surface area contributed by atoms with Crippen molar-refractivity contribution in [2.45, 2.75) is 6.42 Å². The predicted octanol–water partition coefficient (Wildman–Crippen LogP) is 5.16. The summed E-state index contributed by atoms with van der Waals surface area (Å²) in [6.07, 6.45) is 0.954. The van der Waals surface area contributed by atoms with E-state index < -0.39 is 15.7 Å². The lowest BCUT2D eigenvalue weighted by Gasteiger charge is -2.06. The third kappa shape index (κ3) is 5.11. The van der Waals surface area contributed by atoms with Crippen molar-refractivity contribution in [3.63, 3.8) is 0 Å². The average molecular weight is 455 g/mol. The summed E-state index contributed by atoms with van der Waals surface area (Å²) in [5.41, 5.74) is 2.09. The van der Waals surface area contributed by atoms with E-state index in [1.165, 1.54) is 11.3 Å². The van der Waals surface area contributed by atoms with Crippen molar-refractivity contribution in [1.29, 1.82) is 0 Å². The Labute approximate surface area is 177 Å². The van der Waals surface area contributed by atoms with Crippen LogP contribution in [0.2, 0.25) is 10.0 Å². The first-order valence-electron chi connectivity index (χ1n) is 8.23. The predicted molar refractivity (Wildman–Crippen MR) is 116 cm³/mol. The number of nitrogens with zero attached hydrogens (tertiary/aromatic N) is 1. The van der Waals surface area contributed by atoms with E-state index in [1.54, 1.807) is 12.1 Å². The molecule has 0 aliphatic carbocycles. The number of anilines is 1. The highest BCUT2D eigenvalue weighted by molar-refractivity contribution is 7.90. The number of thiazole rings is 1. The fourth-order valence-corrected chi connectivity index (χ4v) is 4.60. The second-order valence-electron chi connectivity index (χ2n) is 6.08. The molecule has 1 N–H and O–H groups in total. The third-order valence-corrected chi connectivity index (χ3v) is 6.43. The number of rotatable bonds is 6. The maximum Gasteiger partial charge on any atom is 0.227 e. The molecule has 0 spiro atoms. The van der Waals surface area contributed by atoms with Crippen LogP contribution in [-0.4, -0.2) is 31.3 Å². The molecular formula is C19H16Cl2N2O3S2. The van der Waals surface area contributed by atoms with Crippen molar-refractivity contribution >= 4 is 55.4 Å². The topological polar surface area (TPSA) is 76.1 Å². The van der Waals surface area contributed by atoms with E-state index in [9.17, 15) is 13.2 Å². The summed E-state index contributed by atoms with van der Waals surface area (Å²) in [5.74, 6) is -0.644. The molecule has 0 radical (unpaired) electrons. The number of hydrogen-bond acceptors (Lipinski definition) is 5. The lowest BCUT2D eigenvalue weighted by Crippen LogP contribution is -2.16. The largest absolute Gasteiger partial charge is 0.302 e. The van der Waals surface area contributed by atoms with E-state index in [0.29, 0.717) is 26.4 Å². The van der Waals surface area contributed by atoms with Crippen LogP contribution in [0.3, 0.4) is 0 Å². The van der Waals surface area contributed by atoms with Gasteiger partial charge in [0, 0.05) is 28.8 Å². The molecule has 1 heterocycles. The molecule has 5 nitrogen and oxygen atoms in total. The number of sulfone groups is 1. The molecule has 0 saturated carbocycles. The van der Waals surface area contributed by atoms with E-state index in [-0.39, 0.29) is 12.2 Å². The van der Waals surface area contributed by atoms with Crippen LogP contribution >= 0.6 is 34.5 Å². The molecule has 28 heavy (non-hydrogen) atoms. The van der Waals surface area contributed by atoms with Gasteiger partial charge in [0.2, 0.25) is 5.91 Å². The highest BCUT2D eigenvalue weighted by Crippen LogP contribution is 2.43. The highest BCUT2D eigenvalue weighted by Gasteiger charge is 2.20. The Morgan fingerprint density at radius 3 is 2.18 bits per heavy atom. The number of carbonyl (C=O) groups is 1. The molecule has 0 unspecified atom stereocenters. The van der Waals surface area contributed by atoms with Gasteiger partial charge in [-0.2, -0.15) is 0 Å². The minimum atomic E-state index is -3.22. The van der Waals surface area contributed by atoms with E-state index in [2.05, 4.69) is 10.3 Å². The Balaban J connectivity index is 2.00. The number of hydrogen-bond donors (Lipinski definition) is 1. The molecule has 3 aromatic rings. The molecule has 0 bridgehead atoms. The molecule has 1 aromatic heterocycles. The normalized spacial score (nSPS) is 11.4. The van der Waals surface area contributed by atoms with Gasteiger partial charge < -0.3 is 5.32 Å². The Hall–Kier alpha value is -1.93. The second-order valence-corrected chi connectivity index (χ2v) is 10.2. The molecular weight excluding hydrogens is 439 g/mol. The molecule has 1 amide bonds. The number of amides is 1. The average Bonchev–Trinajstić information content (AvgIpc) is 3.03. The van der Waals surface area contributed by atoms with Crippen LogP contribution in [0.25, 0.3) is 21.7 Å². The fraction of sp³-hybridized carbons (Fsp3) is 0.158. The molecule has 9 heteroatoms. The van der Waals surface area contributed by atoms with Crippen molar-refractivity contribution in [1.82, 2.24) is 4.98 Å². The lowest BCUT2D eigenvalue weighted by molar-refractivity contribution is -0.115. The van der Waals surface area contributed by atoms with E-state index in [1.807, 2.05) is 36.4 Å². The zero-order chi connectivity index (χ0) is 20.3. The first-order chi connectivity index (χ1) is 13.2. The van der Waals surface area contributed by atoms with Crippen molar-refractivity contribution in [3.05, 3.63) is 58.6 Å². The molecule has 0 saturated heterocycles. The minimum Gasteiger partial charge on any atom is -0.302 e. The lowest BCUT2D eigenvalue weighted by atomic mass is 10.1. The molecule has 0 aliphatic rings. The van der Waals surface area contributed by atoms with Crippen LogP contribution < -0.4 is 5.32 Å². The number of carbonyl (C=O) groups excluding carboxylic acids is 1. The van der Waals surface area contributed by atoms with Gasteiger partial charge in [-0.25, -0.2) is 13.4 Å². The van der Waals surface area contributed by atoms with E-state index >= 15 is 0 Å². The second kappa shape index (κ2) is 8.61. The van der Waals surface area contributed by atoms with Gasteiger partial charge in [0.1, 0.15) is 9.84 Å². The zero-order valence-electron chi connectivity index (χ0n) is 14.8. The molecule has 0 aliphatic heterocycles. The standard InChI is InChI=1S/C19H16Cl2N2O3S2/c1-28(25,26)11-10-16(24)22-19-23-17(12-6-2-4-8-14(12)20)18(27-19)13-7-3-5-9-15(13)21/h2-9H,10-11H2,1H3,(H,22,23,24). The SMILES string of the molecule is CS(=O)(=O)CCC(=O)Nc1nc(-c2ccccc2Cl)c(-c2ccccc2Cl)s1. The van der Waals surface area contributed by atoms with Crippen molar-refractivity contribution in [3.8, 4) is 21.7 Å². The minimum absolute atomic E-state index is 0.138. The molecule has 3 rings (SSSR count). The number of nitrogens with one attached hydrogen (secondary N) is 1. The van der Waals surface area contributed by atoms with E-state index in [0.717, 1.165) is 16.7 Å². The smallest absolute Gasteiger partial charge is 0.227 e. The van der Waals surface area contributed by atoms with Gasteiger partial charge in [-0.05, 0) is 12.1 Å². The number of halogens is 2. The molecule has 2 aromatic carbocycles. The quantitative estimate of drug-likeness (QED) is 0.557. The van der Waals surface area contributed by atoms with Gasteiger partial charge in [0.05, 0.1) is 21.3 Å². The first kappa shape index (κ1) is 20.8.